The van der Waals surface area contributed by atoms with Crippen LogP contribution in [0, 0.1) is 28.9 Å². The summed E-state index contributed by atoms with van der Waals surface area (Å²) in [6.07, 6.45) is -1.41. The zero-order chi connectivity index (χ0) is 35.5. The van der Waals surface area contributed by atoms with Crippen LogP contribution in [0.25, 0.3) is 22.2 Å². The molecule has 4 aromatic rings. The average Bonchev–Trinajstić information content (AvgIpc) is 3.40. The number of fused-ring (bicyclic) bond motifs is 1. The first kappa shape index (κ1) is 35.6. The smallest absolute Gasteiger partial charge is 0.396 e. The summed E-state index contributed by atoms with van der Waals surface area (Å²) in [4.78, 5) is 8.24. The third kappa shape index (κ3) is 8.68. The Kier molecular flexibility index (Phi) is 10.5. The van der Waals surface area contributed by atoms with Crippen LogP contribution in [0.3, 0.4) is 0 Å². The number of halogens is 5. The Balaban J connectivity index is 1.49. The van der Waals surface area contributed by atoms with Crippen molar-refractivity contribution in [3.8, 4) is 34.4 Å². The zero-order valence-electron chi connectivity index (χ0n) is 27.6. The number of nitrogens with zero attached hydrogens (tertiary/aromatic N) is 4. The van der Waals surface area contributed by atoms with Gasteiger partial charge in [0.05, 0.1) is 23.6 Å². The lowest BCUT2D eigenvalue weighted by atomic mass is 10.0. The maximum Gasteiger partial charge on any atom is 0.396 e. The van der Waals surface area contributed by atoms with Crippen LogP contribution >= 0.6 is 0 Å². The molecule has 1 aliphatic heterocycles. The summed E-state index contributed by atoms with van der Waals surface area (Å²) in [5.74, 6) is -4.17. The lowest BCUT2D eigenvalue weighted by Gasteiger charge is -2.26. The molecule has 1 N–H and O–H groups in total. The average molecular weight is 702 g/mol. The van der Waals surface area contributed by atoms with E-state index in [1.165, 1.54) is 12.3 Å². The second-order valence-corrected chi connectivity index (χ2v) is 18.7. The highest BCUT2D eigenvalue weighted by atomic mass is 28.3. The van der Waals surface area contributed by atoms with Crippen molar-refractivity contribution in [2.75, 3.05) is 25.1 Å². The van der Waals surface area contributed by atoms with Gasteiger partial charge < -0.3 is 28.8 Å². The van der Waals surface area contributed by atoms with E-state index in [-0.39, 0.29) is 30.3 Å². The van der Waals surface area contributed by atoms with Gasteiger partial charge in [0.25, 0.3) is 6.02 Å². The minimum absolute atomic E-state index is 0.0820. The van der Waals surface area contributed by atoms with Gasteiger partial charge in [0.2, 0.25) is 0 Å². The molecule has 0 bridgehead atoms. The first-order valence-electron chi connectivity index (χ1n) is 15.6. The Morgan fingerprint density at radius 3 is 2.45 bits per heavy atom. The van der Waals surface area contributed by atoms with Crippen molar-refractivity contribution in [1.29, 1.82) is 5.26 Å². The third-order valence-corrected chi connectivity index (χ3v) is 9.22. The van der Waals surface area contributed by atoms with E-state index in [1.54, 1.807) is 29.0 Å². The van der Waals surface area contributed by atoms with Gasteiger partial charge in [-0.3, -0.25) is 0 Å². The molecule has 1 atom stereocenters. The minimum Gasteiger partial charge on any atom is -0.490 e. The van der Waals surface area contributed by atoms with Crippen molar-refractivity contribution >= 4 is 30.8 Å². The second kappa shape index (κ2) is 14.4. The van der Waals surface area contributed by atoms with Crippen molar-refractivity contribution < 1.29 is 40.9 Å². The van der Waals surface area contributed by atoms with Crippen molar-refractivity contribution in [2.24, 2.45) is 10.9 Å². The molecule has 0 radical (unpaired) electrons. The summed E-state index contributed by atoms with van der Waals surface area (Å²) in [5, 5.41) is 12.8. The molecule has 9 nitrogen and oxygen atoms in total. The van der Waals surface area contributed by atoms with Gasteiger partial charge in [-0.2, -0.15) is 38.1 Å². The summed E-state index contributed by atoms with van der Waals surface area (Å²) in [7, 11) is -1.36. The topological polar surface area (TPSA) is 103 Å². The number of amidine groups is 1. The van der Waals surface area contributed by atoms with Gasteiger partial charge in [0.15, 0.2) is 17.4 Å². The number of anilines is 1. The Morgan fingerprint density at radius 1 is 1.10 bits per heavy atom. The van der Waals surface area contributed by atoms with E-state index in [4.69, 9.17) is 18.9 Å². The number of nitriles is 1. The Morgan fingerprint density at radius 2 is 1.84 bits per heavy atom. The number of rotatable bonds is 11. The predicted molar refractivity (Wildman–Crippen MR) is 178 cm³/mol. The Hall–Kier alpha value is -4.68. The normalized spacial score (nSPS) is 15.1. The van der Waals surface area contributed by atoms with Gasteiger partial charge in [0, 0.05) is 42.4 Å². The van der Waals surface area contributed by atoms with E-state index in [9.17, 15) is 18.4 Å². The van der Waals surface area contributed by atoms with Crippen LogP contribution < -0.4 is 14.8 Å². The number of nitrogens with one attached hydrogen (secondary N) is 1. The zero-order valence-corrected chi connectivity index (χ0v) is 28.6. The second-order valence-electron chi connectivity index (χ2n) is 13.0. The fourth-order valence-electron chi connectivity index (χ4n) is 4.98. The monoisotopic (exact) mass is 701 g/mol. The van der Waals surface area contributed by atoms with Crippen molar-refractivity contribution in [1.82, 2.24) is 9.55 Å². The van der Waals surface area contributed by atoms with Gasteiger partial charge in [0.1, 0.15) is 42.5 Å². The van der Waals surface area contributed by atoms with Crippen LogP contribution in [0.15, 0.2) is 53.8 Å². The lowest BCUT2D eigenvalue weighted by molar-refractivity contribution is -0.181. The fraction of sp³-hybridized carbons (Fsp3) is 0.382. The van der Waals surface area contributed by atoms with Gasteiger partial charge in [-0.15, -0.1) is 14.1 Å². The molecule has 2 aromatic carbocycles. The van der Waals surface area contributed by atoms with E-state index < -0.39 is 50.7 Å². The molecule has 2 aromatic heterocycles. The van der Waals surface area contributed by atoms with Crippen molar-refractivity contribution in [3.63, 3.8) is 0 Å². The maximum atomic E-state index is 15.4. The summed E-state index contributed by atoms with van der Waals surface area (Å²) in [6, 6.07) is 11.2. The van der Waals surface area contributed by atoms with Crippen LogP contribution in [0.5, 0.6) is 17.2 Å². The first-order valence-corrected chi connectivity index (χ1v) is 19.3. The largest absolute Gasteiger partial charge is 0.490 e. The van der Waals surface area contributed by atoms with E-state index in [2.05, 4.69) is 41.0 Å². The summed E-state index contributed by atoms with van der Waals surface area (Å²) in [6.45, 7) is 9.88. The van der Waals surface area contributed by atoms with E-state index >= 15 is 8.78 Å². The molecule has 0 spiro atoms. The van der Waals surface area contributed by atoms with Crippen molar-refractivity contribution in [2.45, 2.75) is 58.5 Å². The van der Waals surface area contributed by atoms with E-state index in [1.807, 2.05) is 13.8 Å². The van der Waals surface area contributed by atoms with Gasteiger partial charge in [-0.1, -0.05) is 6.07 Å². The molecular formula is C34H36F5N5O4Si-. The quantitative estimate of drug-likeness (QED) is 0.0948. The molecule has 15 heteroatoms. The highest BCUT2D eigenvalue weighted by Crippen LogP contribution is 2.41. The number of alkyl halides is 3. The lowest BCUT2D eigenvalue weighted by Crippen LogP contribution is -2.36. The molecular weight excluding hydrogens is 665 g/mol. The Bertz CT molecular complexity index is 1880. The van der Waals surface area contributed by atoms with Crippen LogP contribution in [0.4, 0.5) is 27.6 Å². The summed E-state index contributed by atoms with van der Waals surface area (Å²) >= 11 is 0. The molecule has 3 heterocycles. The maximum absolute atomic E-state index is 15.4. The van der Waals surface area contributed by atoms with Crippen LogP contribution in [-0.2, 0) is 16.2 Å². The molecule has 0 fully saturated rings. The van der Waals surface area contributed by atoms with Gasteiger partial charge in [-0.05, 0) is 37.6 Å². The van der Waals surface area contributed by atoms with Gasteiger partial charge >= 0.3 is 6.18 Å². The highest BCUT2D eigenvalue weighted by molar-refractivity contribution is 6.76. The van der Waals surface area contributed by atoms with Crippen LogP contribution in [-0.4, -0.2) is 55.7 Å². The van der Waals surface area contributed by atoms with E-state index in [0.717, 1.165) is 18.2 Å². The molecule has 49 heavy (non-hydrogen) atoms. The first-order chi connectivity index (χ1) is 23.1. The van der Waals surface area contributed by atoms with Crippen LogP contribution in [0.2, 0.25) is 25.7 Å². The summed E-state index contributed by atoms with van der Waals surface area (Å²) in [5.41, 5.74) is 1.76. The number of benzene rings is 2. The number of aliphatic imine (C=N–C) groups is 1. The Labute approximate surface area is 281 Å². The van der Waals surface area contributed by atoms with E-state index in [0.29, 0.717) is 40.1 Å². The number of pyridine rings is 1. The predicted octanol–water partition coefficient (Wildman–Crippen LogP) is 8.72. The fourth-order valence-corrected chi connectivity index (χ4v) is 5.74. The summed E-state index contributed by atoms with van der Waals surface area (Å²) < 4.78 is 94.1. The van der Waals surface area contributed by atoms with Crippen molar-refractivity contribution in [3.05, 3.63) is 66.0 Å². The van der Waals surface area contributed by atoms with Gasteiger partial charge in [-0.25, -0.2) is 18.8 Å². The molecule has 1 aliphatic rings. The number of hydrogen-bond donors (Lipinski definition) is 1. The number of hydrogen-bond acceptors (Lipinski definition) is 8. The molecule has 261 valence electrons. The molecule has 1 unspecified atom stereocenters. The third-order valence-electron chi connectivity index (χ3n) is 7.52. The SMILES string of the molecule is CC(C)Oc1ccc(-c2cn(COCC[Si-](C)(C)C)c3nccc(Oc4c(F)cc(NC5=NCC(C(F)(F)F)CO5)cc4F)c23)cc1C#N. The molecule has 0 saturated heterocycles. The number of aromatic nitrogens is 2. The minimum atomic E-state index is -4.48. The molecule has 0 saturated carbocycles. The van der Waals surface area contributed by atoms with Crippen LogP contribution in [0.1, 0.15) is 19.4 Å². The molecule has 0 aliphatic carbocycles. The number of ether oxygens (including phenoxy) is 4. The highest BCUT2D eigenvalue weighted by Gasteiger charge is 2.41. The molecule has 5 rings (SSSR count). The standard InChI is InChI=1S/C34H36F5N5O4Si/c1-20(2)47-28-7-6-21(12-22(28)15-40)25-17-44(19-45-10-11-49(3,4)5)32-30(25)29(8-9-41-32)48-31-26(35)13-24(14-27(31)36)43-33-42-16-23(18-46-33)34(37,38)39/h6-9,12-14,17,20,23H,10-11,16,18-19H2,1-5H3,(H,42,43)/q-1. The molecule has 0 amide bonds.